The zero-order valence-electron chi connectivity index (χ0n) is 11.3. The first kappa shape index (κ1) is 20.7. The molecule has 0 rings (SSSR count). The molecule has 18 heteroatoms. The molecule has 18 nitrogen and oxygen atoms in total. The fourth-order valence-corrected chi connectivity index (χ4v) is 1.36. The number of nitrogens with zero attached hydrogens (tertiary/aromatic N) is 4. The van der Waals surface area contributed by atoms with Gasteiger partial charge < -0.3 is 29.6 Å². The molecule has 0 aromatic carbocycles. The van der Waals surface area contributed by atoms with Crippen molar-refractivity contribution in [1.82, 2.24) is 0 Å². The fourth-order valence-electron chi connectivity index (χ4n) is 1.36. The molecule has 4 atom stereocenters. The Labute approximate surface area is 129 Å². The first-order valence-electron chi connectivity index (χ1n) is 5.57. The Hall–Kier alpha value is -3.28. The molecule has 138 valence electrons. The summed E-state index contributed by atoms with van der Waals surface area (Å²) in [4.78, 5) is 56.0. The Morgan fingerprint density at radius 2 is 0.958 bits per heavy atom. The van der Waals surface area contributed by atoms with E-state index in [1.807, 2.05) is 0 Å². The fraction of sp³-hybridized carbons (Fsp3) is 1.00. The van der Waals surface area contributed by atoms with Crippen molar-refractivity contribution in [2.24, 2.45) is 0 Å². The molecule has 0 aromatic rings. The third kappa shape index (κ3) is 8.23. The van der Waals surface area contributed by atoms with Gasteiger partial charge in [0.2, 0.25) is 0 Å². The highest BCUT2D eigenvalue weighted by atomic mass is 17.0. The molecule has 0 bridgehead atoms. The van der Waals surface area contributed by atoms with Crippen molar-refractivity contribution in [3.8, 4) is 0 Å². The molecule has 2 N–H and O–H groups in total. The molecule has 0 aliphatic rings. The van der Waals surface area contributed by atoms with Crippen molar-refractivity contribution < 1.29 is 49.9 Å². The molecule has 0 aromatic heterocycles. The van der Waals surface area contributed by atoms with Gasteiger partial charge in [0.25, 0.3) is 20.3 Å². The van der Waals surface area contributed by atoms with E-state index in [4.69, 9.17) is 0 Å². The molecule has 4 unspecified atom stereocenters. The first-order valence-corrected chi connectivity index (χ1v) is 5.57. The zero-order valence-corrected chi connectivity index (χ0v) is 11.3. The van der Waals surface area contributed by atoms with Crippen LogP contribution in [0, 0.1) is 40.5 Å². The summed E-state index contributed by atoms with van der Waals surface area (Å²) in [7, 11) is 0. The minimum atomic E-state index is -2.38. The molecule has 0 saturated carbocycles. The summed E-state index contributed by atoms with van der Waals surface area (Å²) < 4.78 is 0. The summed E-state index contributed by atoms with van der Waals surface area (Å²) in [6.45, 7) is -2.49. The predicted octanol–water partition coefficient (Wildman–Crippen LogP) is -2.72. The molecule has 0 saturated heterocycles. The second-order valence-corrected chi connectivity index (χ2v) is 3.76. The summed E-state index contributed by atoms with van der Waals surface area (Å²) >= 11 is 0. The summed E-state index contributed by atoms with van der Waals surface area (Å²) in [5.41, 5.74) is 0. The third-order valence-corrected chi connectivity index (χ3v) is 2.20. The summed E-state index contributed by atoms with van der Waals surface area (Å²) in [5.74, 6) is 0. The number of rotatable bonds is 13. The van der Waals surface area contributed by atoms with E-state index in [0.717, 1.165) is 0 Å². The summed E-state index contributed by atoms with van der Waals surface area (Å²) in [5, 5.41) is 54.1. The van der Waals surface area contributed by atoms with Crippen LogP contribution in [0.15, 0.2) is 0 Å². The third-order valence-electron chi connectivity index (χ3n) is 2.20. The van der Waals surface area contributed by atoms with Crippen molar-refractivity contribution >= 4 is 0 Å². The molecule has 0 amide bonds. The van der Waals surface area contributed by atoms with Gasteiger partial charge in [-0.25, -0.2) is 0 Å². The Bertz CT molecular complexity index is 428. The SMILES string of the molecule is O=[N+]([O-])OCC(O)C(O[N+](=O)[O-])C(O[N+](=O)[O-])C(O)CO[N+](=O)[O-]. The highest BCUT2D eigenvalue weighted by Gasteiger charge is 2.40. The van der Waals surface area contributed by atoms with E-state index in [-0.39, 0.29) is 0 Å². The first-order chi connectivity index (χ1) is 11.0. The van der Waals surface area contributed by atoms with Crippen molar-refractivity contribution in [3.05, 3.63) is 40.5 Å². The van der Waals surface area contributed by atoms with Gasteiger partial charge in [0.15, 0.2) is 12.2 Å². The lowest BCUT2D eigenvalue weighted by Crippen LogP contribution is -2.52. The normalized spacial score (nSPS) is 15.2. The lowest BCUT2D eigenvalue weighted by molar-refractivity contribution is -0.806. The van der Waals surface area contributed by atoms with E-state index >= 15 is 0 Å². The Kier molecular flexibility index (Phi) is 8.36. The number of hydrogen-bond donors (Lipinski definition) is 2. The van der Waals surface area contributed by atoms with Gasteiger partial charge in [-0.05, 0) is 0 Å². The van der Waals surface area contributed by atoms with Crippen LogP contribution in [0.5, 0.6) is 0 Å². The van der Waals surface area contributed by atoms with Crippen molar-refractivity contribution in [1.29, 1.82) is 0 Å². The lowest BCUT2D eigenvalue weighted by Gasteiger charge is -2.29. The summed E-state index contributed by atoms with van der Waals surface area (Å²) in [6.07, 6.45) is -9.29. The van der Waals surface area contributed by atoms with Crippen LogP contribution in [0.2, 0.25) is 0 Å². The average Bonchev–Trinajstić information content (AvgIpc) is 2.45. The predicted molar refractivity (Wildman–Crippen MR) is 61.6 cm³/mol. The molecule has 0 fully saturated rings. The van der Waals surface area contributed by atoms with E-state index in [0.29, 0.717) is 0 Å². The molecule has 0 aliphatic carbocycles. The molecular weight excluding hydrogens is 352 g/mol. The highest BCUT2D eigenvalue weighted by molar-refractivity contribution is 4.82. The van der Waals surface area contributed by atoms with E-state index in [2.05, 4.69) is 19.4 Å². The van der Waals surface area contributed by atoms with Crippen LogP contribution in [0.4, 0.5) is 0 Å². The molecule has 0 heterocycles. The van der Waals surface area contributed by atoms with Crippen LogP contribution in [0.25, 0.3) is 0 Å². The maximum Gasteiger partial charge on any atom is 0.294 e. The smallest absolute Gasteiger partial charge is 0.294 e. The highest BCUT2D eigenvalue weighted by Crippen LogP contribution is 2.15. The van der Waals surface area contributed by atoms with E-state index in [1.54, 1.807) is 0 Å². The maximum absolute atomic E-state index is 10.4. The maximum atomic E-state index is 10.4. The Morgan fingerprint density at radius 3 is 1.17 bits per heavy atom. The quantitative estimate of drug-likeness (QED) is 0.249. The van der Waals surface area contributed by atoms with E-state index in [1.165, 1.54) is 0 Å². The van der Waals surface area contributed by atoms with Gasteiger partial charge in [-0.3, -0.25) is 0 Å². The van der Waals surface area contributed by atoms with Crippen LogP contribution < -0.4 is 0 Å². The molecule has 24 heavy (non-hydrogen) atoms. The van der Waals surface area contributed by atoms with Crippen LogP contribution in [0.3, 0.4) is 0 Å². The Balaban J connectivity index is 5.29. The Morgan fingerprint density at radius 1 is 0.667 bits per heavy atom. The number of hydrogen-bond acceptors (Lipinski definition) is 14. The van der Waals surface area contributed by atoms with Gasteiger partial charge >= 0.3 is 0 Å². The number of aliphatic hydroxyl groups is 2. The molecule has 0 aliphatic heterocycles. The minimum Gasteiger partial charge on any atom is -0.389 e. The van der Waals surface area contributed by atoms with Gasteiger partial charge in [0.05, 0.1) is 0 Å². The van der Waals surface area contributed by atoms with E-state index < -0.39 is 58.0 Å². The monoisotopic (exact) mass is 362 g/mol. The minimum absolute atomic E-state index is 1.24. The molecular formula is C6H10N4O14. The molecule has 0 spiro atoms. The van der Waals surface area contributed by atoms with Gasteiger partial charge in [-0.2, -0.15) is 0 Å². The topological polar surface area (TPSA) is 250 Å². The van der Waals surface area contributed by atoms with Crippen LogP contribution in [0.1, 0.15) is 0 Å². The standard InChI is InChI=1S/C6H10N4O14/c11-3(1-21-7(13)14)5(23-9(17)18)6(24-10(19)20)4(12)2-22-8(15)16/h3-6,11-12H,1-2H2. The lowest BCUT2D eigenvalue weighted by atomic mass is 10.0. The van der Waals surface area contributed by atoms with Crippen LogP contribution >= 0.6 is 0 Å². The van der Waals surface area contributed by atoms with Crippen molar-refractivity contribution in [2.75, 3.05) is 13.2 Å². The van der Waals surface area contributed by atoms with Crippen LogP contribution in [-0.2, 0) is 19.4 Å². The van der Waals surface area contributed by atoms with E-state index in [9.17, 15) is 50.7 Å². The summed E-state index contributed by atoms with van der Waals surface area (Å²) in [6, 6.07) is 0. The molecule has 0 radical (unpaired) electrons. The second-order valence-electron chi connectivity index (χ2n) is 3.76. The van der Waals surface area contributed by atoms with Gasteiger partial charge in [-0.1, -0.05) is 0 Å². The average molecular weight is 362 g/mol. The largest absolute Gasteiger partial charge is 0.389 e. The van der Waals surface area contributed by atoms with Crippen LogP contribution in [-0.4, -0.2) is 68.2 Å². The second kappa shape index (κ2) is 9.68. The van der Waals surface area contributed by atoms with Crippen molar-refractivity contribution in [3.63, 3.8) is 0 Å². The van der Waals surface area contributed by atoms with Crippen molar-refractivity contribution in [2.45, 2.75) is 24.4 Å². The number of aliphatic hydroxyl groups excluding tert-OH is 2. The van der Waals surface area contributed by atoms with Gasteiger partial charge in [0.1, 0.15) is 25.4 Å². The zero-order chi connectivity index (χ0) is 18.9. The van der Waals surface area contributed by atoms with Gasteiger partial charge in [0, 0.05) is 0 Å². The van der Waals surface area contributed by atoms with Gasteiger partial charge in [-0.15, -0.1) is 40.5 Å².